The van der Waals surface area contributed by atoms with Gasteiger partial charge in [-0.15, -0.1) is 0 Å². The van der Waals surface area contributed by atoms with Gasteiger partial charge in [0.25, 0.3) is 0 Å². The van der Waals surface area contributed by atoms with Crippen molar-refractivity contribution >= 4 is 21.6 Å². The third-order valence-corrected chi connectivity index (χ3v) is 7.00. The summed E-state index contributed by atoms with van der Waals surface area (Å²) in [7, 11) is -3.75. The lowest BCUT2D eigenvalue weighted by atomic mass is 10.0. The van der Waals surface area contributed by atoms with Crippen molar-refractivity contribution in [2.45, 2.75) is 51.7 Å². The first-order chi connectivity index (χ1) is 15.3. The second-order valence-corrected chi connectivity index (χ2v) is 10.1. The second-order valence-electron chi connectivity index (χ2n) is 8.28. The molecule has 0 aromatic heterocycles. The van der Waals surface area contributed by atoms with E-state index in [4.69, 9.17) is 0 Å². The Morgan fingerprint density at radius 2 is 1.69 bits per heavy atom. The minimum Gasteiger partial charge on any atom is -0.350 e. The molecular weight excluding hydrogens is 429 g/mol. The molecule has 1 aliphatic rings. The molecule has 1 saturated heterocycles. The number of piperidine rings is 1. The van der Waals surface area contributed by atoms with Crippen molar-refractivity contribution in [3.05, 3.63) is 65.5 Å². The van der Waals surface area contributed by atoms with Crippen molar-refractivity contribution in [3.8, 4) is 0 Å². The first-order valence-corrected chi connectivity index (χ1v) is 13.0. The van der Waals surface area contributed by atoms with Gasteiger partial charge in [-0.1, -0.05) is 37.6 Å². The SMILES string of the molecule is CC[C@@H](C(=O)NCc1ccccc1CN1CCCCC1)N(c1ccc(F)cc1)S(C)(=O)=O. The lowest BCUT2D eigenvalue weighted by Gasteiger charge is -2.30. The van der Waals surface area contributed by atoms with Crippen LogP contribution in [0.4, 0.5) is 10.1 Å². The van der Waals surface area contributed by atoms with Gasteiger partial charge in [0.05, 0.1) is 11.9 Å². The molecule has 0 bridgehead atoms. The van der Waals surface area contributed by atoms with E-state index in [1.165, 1.54) is 49.1 Å². The summed E-state index contributed by atoms with van der Waals surface area (Å²) in [6, 6.07) is 12.2. The maximum atomic E-state index is 13.4. The molecule has 1 N–H and O–H groups in total. The summed E-state index contributed by atoms with van der Waals surface area (Å²) in [6.07, 6.45) is 5.03. The molecule has 2 aromatic carbocycles. The lowest BCUT2D eigenvalue weighted by Crippen LogP contribution is -2.49. The quantitative estimate of drug-likeness (QED) is 0.619. The van der Waals surface area contributed by atoms with Gasteiger partial charge in [0.2, 0.25) is 15.9 Å². The molecule has 3 rings (SSSR count). The van der Waals surface area contributed by atoms with Crippen molar-refractivity contribution in [3.63, 3.8) is 0 Å². The molecule has 0 saturated carbocycles. The maximum absolute atomic E-state index is 13.4. The van der Waals surface area contributed by atoms with Gasteiger partial charge < -0.3 is 5.32 Å². The molecule has 0 aliphatic carbocycles. The minimum atomic E-state index is -3.75. The molecule has 1 amide bonds. The zero-order valence-electron chi connectivity index (χ0n) is 18.8. The van der Waals surface area contributed by atoms with E-state index in [-0.39, 0.29) is 18.0 Å². The monoisotopic (exact) mass is 461 g/mol. The van der Waals surface area contributed by atoms with Crippen LogP contribution in [0.5, 0.6) is 0 Å². The van der Waals surface area contributed by atoms with Gasteiger partial charge in [-0.3, -0.25) is 14.0 Å². The summed E-state index contributed by atoms with van der Waals surface area (Å²) in [6.45, 7) is 5.09. The van der Waals surface area contributed by atoms with Crippen LogP contribution in [-0.2, 0) is 27.9 Å². The number of benzene rings is 2. The van der Waals surface area contributed by atoms with Crippen molar-refractivity contribution in [2.75, 3.05) is 23.7 Å². The Morgan fingerprint density at radius 1 is 1.06 bits per heavy atom. The number of rotatable bonds is 9. The molecule has 6 nitrogen and oxygen atoms in total. The predicted octanol–water partition coefficient (Wildman–Crippen LogP) is 3.67. The van der Waals surface area contributed by atoms with Crippen molar-refractivity contribution in [2.24, 2.45) is 0 Å². The molecule has 0 unspecified atom stereocenters. The Labute approximate surface area is 190 Å². The average Bonchev–Trinajstić information content (AvgIpc) is 2.77. The molecule has 1 atom stereocenters. The zero-order chi connectivity index (χ0) is 23.1. The third kappa shape index (κ3) is 6.29. The van der Waals surface area contributed by atoms with Gasteiger partial charge in [0, 0.05) is 13.1 Å². The van der Waals surface area contributed by atoms with E-state index < -0.39 is 21.9 Å². The molecule has 0 spiro atoms. The number of nitrogens with one attached hydrogen (secondary N) is 1. The van der Waals surface area contributed by atoms with E-state index in [0.717, 1.165) is 35.8 Å². The number of likely N-dealkylation sites (tertiary alicyclic amines) is 1. The number of hydrogen-bond acceptors (Lipinski definition) is 4. The third-order valence-electron chi connectivity index (χ3n) is 5.82. The fraction of sp³-hybridized carbons (Fsp3) is 0.458. The number of amides is 1. The van der Waals surface area contributed by atoms with E-state index >= 15 is 0 Å². The van der Waals surface area contributed by atoms with Crippen LogP contribution in [0, 0.1) is 5.82 Å². The largest absolute Gasteiger partial charge is 0.350 e. The summed E-state index contributed by atoms with van der Waals surface area (Å²) in [5.74, 6) is -0.847. The molecule has 1 aliphatic heterocycles. The van der Waals surface area contributed by atoms with Gasteiger partial charge in [-0.25, -0.2) is 12.8 Å². The Morgan fingerprint density at radius 3 is 2.28 bits per heavy atom. The van der Waals surface area contributed by atoms with Crippen LogP contribution >= 0.6 is 0 Å². The normalized spacial score (nSPS) is 15.8. The number of hydrogen-bond donors (Lipinski definition) is 1. The Bertz CT molecular complexity index is 1010. The number of carbonyl (C=O) groups excluding carboxylic acids is 1. The summed E-state index contributed by atoms with van der Waals surface area (Å²) in [4.78, 5) is 15.5. The maximum Gasteiger partial charge on any atom is 0.244 e. The second kappa shape index (κ2) is 10.9. The zero-order valence-corrected chi connectivity index (χ0v) is 19.6. The highest BCUT2D eigenvalue weighted by Crippen LogP contribution is 2.23. The Balaban J connectivity index is 1.74. The first kappa shape index (κ1) is 24.2. The smallest absolute Gasteiger partial charge is 0.244 e. The number of anilines is 1. The Kier molecular flexibility index (Phi) is 8.26. The van der Waals surface area contributed by atoms with Crippen molar-refractivity contribution < 1.29 is 17.6 Å². The molecule has 2 aromatic rings. The van der Waals surface area contributed by atoms with Crippen LogP contribution in [0.1, 0.15) is 43.7 Å². The molecule has 1 heterocycles. The fourth-order valence-electron chi connectivity index (χ4n) is 4.19. The van der Waals surface area contributed by atoms with Crippen LogP contribution in [0.2, 0.25) is 0 Å². The van der Waals surface area contributed by atoms with Crippen molar-refractivity contribution in [1.29, 1.82) is 0 Å². The van der Waals surface area contributed by atoms with Crippen LogP contribution < -0.4 is 9.62 Å². The first-order valence-electron chi connectivity index (χ1n) is 11.1. The van der Waals surface area contributed by atoms with E-state index in [2.05, 4.69) is 16.3 Å². The number of carbonyl (C=O) groups is 1. The number of halogens is 1. The number of nitrogens with zero attached hydrogens (tertiary/aromatic N) is 2. The minimum absolute atomic E-state index is 0.265. The van der Waals surface area contributed by atoms with Crippen LogP contribution in [0.25, 0.3) is 0 Å². The van der Waals surface area contributed by atoms with E-state index in [0.29, 0.717) is 6.54 Å². The molecule has 8 heteroatoms. The highest BCUT2D eigenvalue weighted by Gasteiger charge is 2.31. The summed E-state index contributed by atoms with van der Waals surface area (Å²) < 4.78 is 39.5. The summed E-state index contributed by atoms with van der Waals surface area (Å²) in [5.41, 5.74) is 2.46. The van der Waals surface area contributed by atoms with Crippen LogP contribution in [0.15, 0.2) is 48.5 Å². The standard InChI is InChI=1S/C24H32FN3O3S/c1-3-23(28(32(2,30)31)22-13-11-21(25)12-14-22)24(29)26-17-19-9-5-6-10-20(19)18-27-15-7-4-8-16-27/h5-6,9-14,23H,3-4,7-8,15-18H2,1-2H3,(H,26,29)/t23-/m0/s1. The van der Waals surface area contributed by atoms with Gasteiger partial charge >= 0.3 is 0 Å². The molecule has 32 heavy (non-hydrogen) atoms. The van der Waals surface area contributed by atoms with Gasteiger partial charge in [-0.2, -0.15) is 0 Å². The highest BCUT2D eigenvalue weighted by molar-refractivity contribution is 7.92. The topological polar surface area (TPSA) is 69.7 Å². The highest BCUT2D eigenvalue weighted by atomic mass is 32.2. The molecule has 0 radical (unpaired) electrons. The fourth-order valence-corrected chi connectivity index (χ4v) is 5.40. The molecule has 174 valence electrons. The van der Waals surface area contributed by atoms with Gasteiger partial charge in [0.15, 0.2) is 0 Å². The lowest BCUT2D eigenvalue weighted by molar-refractivity contribution is -0.122. The van der Waals surface area contributed by atoms with Gasteiger partial charge in [0.1, 0.15) is 11.9 Å². The van der Waals surface area contributed by atoms with E-state index in [9.17, 15) is 17.6 Å². The van der Waals surface area contributed by atoms with Gasteiger partial charge in [-0.05, 0) is 67.7 Å². The van der Waals surface area contributed by atoms with E-state index in [1.807, 2.05) is 18.2 Å². The predicted molar refractivity (Wildman–Crippen MR) is 125 cm³/mol. The average molecular weight is 462 g/mol. The van der Waals surface area contributed by atoms with E-state index in [1.54, 1.807) is 6.92 Å². The van der Waals surface area contributed by atoms with Crippen molar-refractivity contribution in [1.82, 2.24) is 10.2 Å². The summed E-state index contributed by atoms with van der Waals surface area (Å²) >= 11 is 0. The molecule has 1 fully saturated rings. The Hall–Kier alpha value is -2.45. The number of sulfonamides is 1. The molecular formula is C24H32FN3O3S. The van der Waals surface area contributed by atoms with Crippen LogP contribution in [0.3, 0.4) is 0 Å². The summed E-state index contributed by atoms with van der Waals surface area (Å²) in [5, 5.41) is 2.92. The van der Waals surface area contributed by atoms with Crippen LogP contribution in [-0.4, -0.2) is 44.6 Å².